The normalized spacial score (nSPS) is 24.5. The second kappa shape index (κ2) is 5.51. The lowest BCUT2D eigenvalue weighted by Gasteiger charge is -2.41. The molecule has 0 radical (unpaired) electrons. The largest absolute Gasteiger partial charge is 0.367 e. The van der Waals surface area contributed by atoms with Crippen LogP contribution in [0.4, 0.5) is 11.6 Å². The standard InChI is InChI=1S/C17H18BrN5O/c1-17(2)14-15(20-6-5-19-14)23(16(17)24)12-7-11(8-12)22-13-4-3-10(18)9-21-13/h3-6,9,11-12H,7-8H2,1-2H3,(H,21,22). The van der Waals surface area contributed by atoms with E-state index >= 15 is 0 Å². The van der Waals surface area contributed by atoms with Gasteiger partial charge in [-0.2, -0.15) is 0 Å². The van der Waals surface area contributed by atoms with Gasteiger partial charge in [-0.05, 0) is 54.8 Å². The number of hydrogen-bond donors (Lipinski definition) is 1. The molecule has 0 aromatic carbocycles. The highest BCUT2D eigenvalue weighted by atomic mass is 79.9. The number of amides is 1. The Labute approximate surface area is 148 Å². The molecule has 0 saturated heterocycles. The van der Waals surface area contributed by atoms with Crippen molar-refractivity contribution in [3.63, 3.8) is 0 Å². The lowest BCUT2D eigenvalue weighted by atomic mass is 9.84. The molecule has 1 aliphatic heterocycles. The monoisotopic (exact) mass is 387 g/mol. The van der Waals surface area contributed by atoms with Crippen LogP contribution in [0.1, 0.15) is 32.4 Å². The second-order valence-electron chi connectivity index (χ2n) is 6.86. The number of rotatable bonds is 3. The summed E-state index contributed by atoms with van der Waals surface area (Å²) in [5.41, 5.74) is 0.177. The minimum Gasteiger partial charge on any atom is -0.367 e. The van der Waals surface area contributed by atoms with E-state index in [-0.39, 0.29) is 11.9 Å². The van der Waals surface area contributed by atoms with Crippen molar-refractivity contribution >= 4 is 33.5 Å². The van der Waals surface area contributed by atoms with Gasteiger partial charge < -0.3 is 5.32 Å². The molecule has 2 aromatic rings. The molecule has 0 unspecified atom stereocenters. The van der Waals surface area contributed by atoms with Crippen LogP contribution in [0.5, 0.6) is 0 Å². The van der Waals surface area contributed by atoms with Gasteiger partial charge in [0.25, 0.3) is 0 Å². The predicted molar refractivity (Wildman–Crippen MR) is 94.9 cm³/mol. The highest BCUT2D eigenvalue weighted by Crippen LogP contribution is 2.43. The molecule has 0 bridgehead atoms. The molecule has 4 rings (SSSR count). The highest BCUT2D eigenvalue weighted by Gasteiger charge is 2.51. The fourth-order valence-electron chi connectivity index (χ4n) is 3.37. The number of hydrogen-bond acceptors (Lipinski definition) is 5. The van der Waals surface area contributed by atoms with E-state index in [0.29, 0.717) is 6.04 Å². The minimum atomic E-state index is -0.602. The first kappa shape index (κ1) is 15.5. The summed E-state index contributed by atoms with van der Waals surface area (Å²) in [7, 11) is 0. The Morgan fingerprint density at radius 3 is 2.67 bits per heavy atom. The van der Waals surface area contributed by atoms with E-state index in [0.717, 1.165) is 34.6 Å². The van der Waals surface area contributed by atoms with Gasteiger partial charge in [0.05, 0.1) is 11.1 Å². The molecule has 1 amide bonds. The zero-order chi connectivity index (χ0) is 16.9. The Morgan fingerprint density at radius 2 is 1.96 bits per heavy atom. The van der Waals surface area contributed by atoms with Crippen LogP contribution >= 0.6 is 15.9 Å². The Morgan fingerprint density at radius 1 is 1.21 bits per heavy atom. The SMILES string of the molecule is CC1(C)C(=O)N(C2CC(Nc3ccc(Br)cn3)C2)c2nccnc21. The molecule has 1 saturated carbocycles. The third kappa shape index (κ3) is 2.38. The molecular formula is C17H18BrN5O. The van der Waals surface area contributed by atoms with Crippen LogP contribution in [0.3, 0.4) is 0 Å². The molecule has 2 aliphatic rings. The lowest BCUT2D eigenvalue weighted by Crippen LogP contribution is -2.53. The van der Waals surface area contributed by atoms with Crippen molar-refractivity contribution in [2.45, 2.75) is 44.2 Å². The van der Waals surface area contributed by atoms with E-state index in [1.165, 1.54) is 0 Å². The van der Waals surface area contributed by atoms with Crippen molar-refractivity contribution in [1.82, 2.24) is 15.0 Å². The third-order valence-corrected chi connectivity index (χ3v) is 5.28. The summed E-state index contributed by atoms with van der Waals surface area (Å²) < 4.78 is 0.958. The molecule has 1 N–H and O–H groups in total. The van der Waals surface area contributed by atoms with Gasteiger partial charge in [0.15, 0.2) is 5.82 Å². The Bertz CT molecular complexity index is 786. The summed E-state index contributed by atoms with van der Waals surface area (Å²) >= 11 is 3.38. The van der Waals surface area contributed by atoms with Gasteiger partial charge in [-0.25, -0.2) is 9.97 Å². The summed E-state index contributed by atoms with van der Waals surface area (Å²) in [5.74, 6) is 1.67. The number of anilines is 2. The second-order valence-corrected chi connectivity index (χ2v) is 7.77. The Balaban J connectivity index is 1.47. The van der Waals surface area contributed by atoms with Gasteiger partial charge >= 0.3 is 0 Å². The molecule has 0 atom stereocenters. The number of carbonyl (C=O) groups excluding carboxylic acids is 1. The Kier molecular flexibility index (Phi) is 3.56. The van der Waals surface area contributed by atoms with Crippen molar-refractivity contribution in [3.05, 3.63) is 40.9 Å². The fraction of sp³-hybridized carbons (Fsp3) is 0.412. The molecule has 0 spiro atoms. The van der Waals surface area contributed by atoms with E-state index in [1.807, 2.05) is 30.9 Å². The zero-order valence-corrected chi connectivity index (χ0v) is 15.1. The lowest BCUT2D eigenvalue weighted by molar-refractivity contribution is -0.123. The topological polar surface area (TPSA) is 71.0 Å². The van der Waals surface area contributed by atoms with Crippen LogP contribution in [-0.4, -0.2) is 32.9 Å². The fourth-order valence-corrected chi connectivity index (χ4v) is 3.61. The van der Waals surface area contributed by atoms with Crippen LogP contribution in [0.2, 0.25) is 0 Å². The zero-order valence-electron chi connectivity index (χ0n) is 13.5. The van der Waals surface area contributed by atoms with Gasteiger partial charge in [0.2, 0.25) is 5.91 Å². The van der Waals surface area contributed by atoms with Gasteiger partial charge in [-0.15, -0.1) is 0 Å². The van der Waals surface area contributed by atoms with Crippen molar-refractivity contribution in [3.8, 4) is 0 Å². The maximum Gasteiger partial charge on any atom is 0.240 e. The molecule has 124 valence electrons. The first-order valence-electron chi connectivity index (χ1n) is 8.00. The highest BCUT2D eigenvalue weighted by molar-refractivity contribution is 9.10. The summed E-state index contributed by atoms with van der Waals surface area (Å²) in [4.78, 5) is 27.8. The summed E-state index contributed by atoms with van der Waals surface area (Å²) in [6, 6.07) is 4.40. The number of nitrogens with one attached hydrogen (secondary N) is 1. The maximum atomic E-state index is 12.8. The number of nitrogens with zero attached hydrogens (tertiary/aromatic N) is 4. The number of aromatic nitrogens is 3. The first-order valence-corrected chi connectivity index (χ1v) is 8.79. The molecule has 6 nitrogen and oxygen atoms in total. The summed E-state index contributed by atoms with van der Waals surface area (Å²) in [6.45, 7) is 3.84. The van der Waals surface area contributed by atoms with Crippen molar-refractivity contribution in [1.29, 1.82) is 0 Å². The summed E-state index contributed by atoms with van der Waals surface area (Å²) in [6.07, 6.45) is 6.85. The number of fused-ring (bicyclic) bond motifs is 1. The van der Waals surface area contributed by atoms with Crippen LogP contribution in [0.25, 0.3) is 0 Å². The van der Waals surface area contributed by atoms with Crippen molar-refractivity contribution < 1.29 is 4.79 Å². The third-order valence-electron chi connectivity index (χ3n) is 4.81. The minimum absolute atomic E-state index is 0.0916. The van der Waals surface area contributed by atoms with Gasteiger partial charge in [-0.1, -0.05) is 0 Å². The van der Waals surface area contributed by atoms with Crippen molar-refractivity contribution in [2.24, 2.45) is 0 Å². The molecular weight excluding hydrogens is 370 g/mol. The van der Waals surface area contributed by atoms with E-state index in [2.05, 4.69) is 36.2 Å². The molecule has 3 heterocycles. The van der Waals surface area contributed by atoms with Gasteiger partial charge in [-0.3, -0.25) is 14.7 Å². The van der Waals surface area contributed by atoms with Crippen molar-refractivity contribution in [2.75, 3.05) is 10.2 Å². The quantitative estimate of drug-likeness (QED) is 0.876. The van der Waals surface area contributed by atoms with Crippen LogP contribution in [-0.2, 0) is 10.2 Å². The molecule has 24 heavy (non-hydrogen) atoms. The van der Waals surface area contributed by atoms with E-state index < -0.39 is 5.41 Å². The Hall–Kier alpha value is -2.02. The first-order chi connectivity index (χ1) is 11.5. The van der Waals surface area contributed by atoms with Gasteiger partial charge in [0.1, 0.15) is 5.82 Å². The average molecular weight is 388 g/mol. The van der Waals surface area contributed by atoms with Crippen LogP contribution in [0, 0.1) is 0 Å². The van der Waals surface area contributed by atoms with Crippen LogP contribution < -0.4 is 10.2 Å². The smallest absolute Gasteiger partial charge is 0.240 e. The number of halogens is 1. The van der Waals surface area contributed by atoms with Crippen LogP contribution in [0.15, 0.2) is 35.2 Å². The maximum absolute atomic E-state index is 12.8. The van der Waals surface area contributed by atoms with E-state index in [4.69, 9.17) is 0 Å². The molecule has 1 aliphatic carbocycles. The van der Waals surface area contributed by atoms with E-state index in [9.17, 15) is 4.79 Å². The summed E-state index contributed by atoms with van der Waals surface area (Å²) in [5, 5.41) is 3.41. The number of carbonyl (C=O) groups is 1. The average Bonchev–Trinajstić information content (AvgIpc) is 2.73. The molecule has 7 heteroatoms. The number of pyridine rings is 1. The molecule has 1 fully saturated rings. The predicted octanol–water partition coefficient (Wildman–Crippen LogP) is 2.90. The van der Waals surface area contributed by atoms with E-state index in [1.54, 1.807) is 18.6 Å². The molecule has 2 aromatic heterocycles. The van der Waals surface area contributed by atoms with Gasteiger partial charge in [0, 0.05) is 35.1 Å².